The number of nitrogens with one attached hydrogen (secondary N) is 1. The average molecular weight is 275 g/mol. The van der Waals surface area contributed by atoms with Crippen LogP contribution in [0.15, 0.2) is 30.3 Å². The highest BCUT2D eigenvalue weighted by Gasteiger charge is 2.24. The summed E-state index contributed by atoms with van der Waals surface area (Å²) >= 11 is 0. The van der Waals surface area contributed by atoms with E-state index in [1.807, 2.05) is 30.3 Å². The molecule has 0 radical (unpaired) electrons. The second-order valence-corrected chi connectivity index (χ2v) is 5.18. The van der Waals surface area contributed by atoms with Crippen molar-refractivity contribution >= 4 is 11.8 Å². The number of nitrogens with zero attached hydrogens (tertiary/aromatic N) is 1. The molecule has 1 aliphatic heterocycles. The highest BCUT2D eigenvalue weighted by atomic mass is 16.2. The molecule has 0 aliphatic carbocycles. The van der Waals surface area contributed by atoms with E-state index in [0.717, 1.165) is 18.4 Å². The van der Waals surface area contributed by atoms with E-state index >= 15 is 0 Å². The van der Waals surface area contributed by atoms with Crippen LogP contribution in [0.3, 0.4) is 0 Å². The van der Waals surface area contributed by atoms with Gasteiger partial charge in [0.25, 0.3) is 0 Å². The molecule has 1 saturated heterocycles. The Labute approximate surface area is 119 Å². The van der Waals surface area contributed by atoms with E-state index in [4.69, 9.17) is 5.73 Å². The van der Waals surface area contributed by atoms with E-state index in [0.29, 0.717) is 13.1 Å². The lowest BCUT2D eigenvalue weighted by Gasteiger charge is -2.32. The van der Waals surface area contributed by atoms with Gasteiger partial charge in [0.1, 0.15) is 6.04 Å². The van der Waals surface area contributed by atoms with Crippen LogP contribution in [0.4, 0.5) is 0 Å². The zero-order valence-electron chi connectivity index (χ0n) is 11.7. The molecule has 1 aromatic carbocycles. The molecule has 1 fully saturated rings. The Hall–Kier alpha value is -1.88. The molecule has 0 aromatic heterocycles. The van der Waals surface area contributed by atoms with Crippen LogP contribution < -0.4 is 11.1 Å². The van der Waals surface area contributed by atoms with Gasteiger partial charge in [0.15, 0.2) is 0 Å². The second-order valence-electron chi connectivity index (χ2n) is 5.18. The van der Waals surface area contributed by atoms with Gasteiger partial charge in [-0.05, 0) is 18.4 Å². The first-order valence-electron chi connectivity index (χ1n) is 6.94. The molecule has 1 heterocycles. The Balaban J connectivity index is 1.85. The molecule has 2 amide bonds. The number of carbonyl (C=O) groups excluding carboxylic acids is 2. The fourth-order valence-electron chi connectivity index (χ4n) is 2.44. The van der Waals surface area contributed by atoms with Gasteiger partial charge in [-0.15, -0.1) is 0 Å². The summed E-state index contributed by atoms with van der Waals surface area (Å²) < 4.78 is 0. The Kier molecular flexibility index (Phi) is 4.74. The van der Waals surface area contributed by atoms with E-state index in [1.54, 1.807) is 11.8 Å². The summed E-state index contributed by atoms with van der Waals surface area (Å²) in [5.74, 6) is -0.0618. The lowest BCUT2D eigenvalue weighted by Crippen LogP contribution is -2.48. The first kappa shape index (κ1) is 14.5. The van der Waals surface area contributed by atoms with Crippen LogP contribution in [0, 0.1) is 0 Å². The SMILES string of the molecule is CC(=O)N1CCC(NC(=O)C(N)c2ccccc2)CC1. The summed E-state index contributed by atoms with van der Waals surface area (Å²) in [6.07, 6.45) is 1.57. The highest BCUT2D eigenvalue weighted by molar-refractivity contribution is 5.83. The first-order valence-corrected chi connectivity index (χ1v) is 6.94. The van der Waals surface area contributed by atoms with Crippen LogP contribution in [0.1, 0.15) is 31.4 Å². The number of hydrogen-bond acceptors (Lipinski definition) is 3. The van der Waals surface area contributed by atoms with Gasteiger partial charge in [0.2, 0.25) is 11.8 Å². The van der Waals surface area contributed by atoms with Crippen molar-refractivity contribution in [1.82, 2.24) is 10.2 Å². The molecule has 1 atom stereocenters. The quantitative estimate of drug-likeness (QED) is 0.857. The van der Waals surface area contributed by atoms with Gasteiger partial charge in [0, 0.05) is 26.1 Å². The summed E-state index contributed by atoms with van der Waals surface area (Å²) in [5.41, 5.74) is 6.77. The van der Waals surface area contributed by atoms with Gasteiger partial charge in [0.05, 0.1) is 0 Å². The Bertz CT molecular complexity index is 467. The van der Waals surface area contributed by atoms with Crippen LogP contribution in [-0.2, 0) is 9.59 Å². The van der Waals surface area contributed by atoms with Crippen molar-refractivity contribution in [2.45, 2.75) is 31.8 Å². The van der Waals surface area contributed by atoms with E-state index in [1.165, 1.54) is 0 Å². The summed E-state index contributed by atoms with van der Waals surface area (Å²) in [7, 11) is 0. The third kappa shape index (κ3) is 3.57. The summed E-state index contributed by atoms with van der Waals surface area (Å²) in [6.45, 7) is 2.96. The van der Waals surface area contributed by atoms with Crippen molar-refractivity contribution in [2.24, 2.45) is 5.73 Å². The van der Waals surface area contributed by atoms with Gasteiger partial charge in [-0.25, -0.2) is 0 Å². The van der Waals surface area contributed by atoms with E-state index in [2.05, 4.69) is 5.32 Å². The van der Waals surface area contributed by atoms with E-state index < -0.39 is 6.04 Å². The summed E-state index contributed by atoms with van der Waals surface area (Å²) in [4.78, 5) is 25.2. The maximum absolute atomic E-state index is 12.1. The van der Waals surface area contributed by atoms with Gasteiger partial charge >= 0.3 is 0 Å². The third-order valence-electron chi connectivity index (χ3n) is 3.73. The van der Waals surface area contributed by atoms with Crippen LogP contribution >= 0.6 is 0 Å². The summed E-state index contributed by atoms with van der Waals surface area (Å²) in [6, 6.07) is 8.80. The molecule has 1 aliphatic rings. The molecule has 1 unspecified atom stereocenters. The highest BCUT2D eigenvalue weighted by Crippen LogP contribution is 2.13. The standard InChI is InChI=1S/C15H21N3O2/c1-11(19)18-9-7-13(8-10-18)17-15(20)14(16)12-5-3-2-4-6-12/h2-6,13-14H,7-10,16H2,1H3,(H,17,20). The van der Waals surface area contributed by atoms with Crippen molar-refractivity contribution in [2.75, 3.05) is 13.1 Å². The fourth-order valence-corrected chi connectivity index (χ4v) is 2.44. The molecule has 0 saturated carbocycles. The molecule has 1 aromatic rings. The molecule has 5 nitrogen and oxygen atoms in total. The van der Waals surface area contributed by atoms with E-state index in [9.17, 15) is 9.59 Å². The van der Waals surface area contributed by atoms with Gasteiger partial charge in [-0.1, -0.05) is 30.3 Å². The van der Waals surface area contributed by atoms with Crippen LogP contribution in [-0.4, -0.2) is 35.8 Å². The monoisotopic (exact) mass is 275 g/mol. The molecule has 3 N–H and O–H groups in total. The Morgan fingerprint density at radius 2 is 1.85 bits per heavy atom. The van der Waals surface area contributed by atoms with Crippen molar-refractivity contribution < 1.29 is 9.59 Å². The number of hydrogen-bond donors (Lipinski definition) is 2. The number of rotatable bonds is 3. The van der Waals surface area contributed by atoms with Crippen molar-refractivity contribution in [3.63, 3.8) is 0 Å². The topological polar surface area (TPSA) is 75.4 Å². The number of likely N-dealkylation sites (tertiary alicyclic amines) is 1. The minimum Gasteiger partial charge on any atom is -0.352 e. The molecule has 108 valence electrons. The number of piperidine rings is 1. The molecule has 0 spiro atoms. The summed E-state index contributed by atoms with van der Waals surface area (Å²) in [5, 5.41) is 2.97. The predicted octanol–water partition coefficient (Wildman–Crippen LogP) is 0.814. The first-order chi connectivity index (χ1) is 9.58. The molecular formula is C15H21N3O2. The third-order valence-corrected chi connectivity index (χ3v) is 3.73. The van der Waals surface area contributed by atoms with Crippen LogP contribution in [0.5, 0.6) is 0 Å². The van der Waals surface area contributed by atoms with E-state index in [-0.39, 0.29) is 17.9 Å². The Morgan fingerprint density at radius 1 is 1.25 bits per heavy atom. The smallest absolute Gasteiger partial charge is 0.241 e. The average Bonchev–Trinajstić information content (AvgIpc) is 2.48. The van der Waals surface area contributed by atoms with Gasteiger partial charge in [-0.2, -0.15) is 0 Å². The van der Waals surface area contributed by atoms with Gasteiger partial charge in [-0.3, -0.25) is 9.59 Å². The maximum Gasteiger partial charge on any atom is 0.241 e. The van der Waals surface area contributed by atoms with Crippen molar-refractivity contribution in [3.8, 4) is 0 Å². The second kappa shape index (κ2) is 6.52. The van der Waals surface area contributed by atoms with Crippen LogP contribution in [0.2, 0.25) is 0 Å². The number of nitrogens with two attached hydrogens (primary N) is 1. The van der Waals surface area contributed by atoms with Gasteiger partial charge < -0.3 is 16.0 Å². The molecule has 5 heteroatoms. The molecule has 0 bridgehead atoms. The lowest BCUT2D eigenvalue weighted by molar-refractivity contribution is -0.130. The maximum atomic E-state index is 12.1. The normalized spacial score (nSPS) is 17.6. The zero-order valence-corrected chi connectivity index (χ0v) is 11.7. The fraction of sp³-hybridized carbons (Fsp3) is 0.467. The van der Waals surface area contributed by atoms with Crippen LogP contribution in [0.25, 0.3) is 0 Å². The number of amides is 2. The van der Waals surface area contributed by atoms with Crippen molar-refractivity contribution in [3.05, 3.63) is 35.9 Å². The number of carbonyl (C=O) groups is 2. The molecule has 20 heavy (non-hydrogen) atoms. The molecule has 2 rings (SSSR count). The molecular weight excluding hydrogens is 254 g/mol. The Morgan fingerprint density at radius 3 is 2.40 bits per heavy atom. The minimum atomic E-state index is -0.637. The van der Waals surface area contributed by atoms with Crippen molar-refractivity contribution in [1.29, 1.82) is 0 Å². The number of benzene rings is 1. The predicted molar refractivity (Wildman–Crippen MR) is 76.8 cm³/mol. The minimum absolute atomic E-state index is 0.0933. The largest absolute Gasteiger partial charge is 0.352 e. The zero-order chi connectivity index (χ0) is 14.5. The lowest BCUT2D eigenvalue weighted by atomic mass is 10.0.